The summed E-state index contributed by atoms with van der Waals surface area (Å²) < 4.78 is 5.23. The lowest BCUT2D eigenvalue weighted by atomic mass is 10.4. The summed E-state index contributed by atoms with van der Waals surface area (Å²) in [5.74, 6) is 1.98. The number of carbonyl (C=O) groups is 1. The molecule has 1 fully saturated rings. The van der Waals surface area contributed by atoms with Gasteiger partial charge in [-0.1, -0.05) is 0 Å². The van der Waals surface area contributed by atoms with Gasteiger partial charge in [0.15, 0.2) is 5.96 Å². The number of hydrogen-bond acceptors (Lipinski definition) is 3. The number of furan rings is 1. The molecular weight excluding hydrogens is 383 g/mol. The number of nitrogens with zero attached hydrogens (tertiary/aromatic N) is 1. The molecule has 0 spiro atoms. The van der Waals surface area contributed by atoms with Crippen molar-refractivity contribution in [2.24, 2.45) is 10.9 Å². The summed E-state index contributed by atoms with van der Waals surface area (Å²) in [5.41, 5.74) is 0. The molecule has 1 saturated carbocycles. The molecule has 1 aliphatic carbocycles. The zero-order valence-corrected chi connectivity index (χ0v) is 14.6. The summed E-state index contributed by atoms with van der Waals surface area (Å²) >= 11 is 0. The number of aliphatic imine (C=N–C) groups is 1. The summed E-state index contributed by atoms with van der Waals surface area (Å²) in [6, 6.07) is 3.74. The molecule has 1 aromatic heterocycles. The summed E-state index contributed by atoms with van der Waals surface area (Å²) in [6.45, 7) is 4.57. The monoisotopic (exact) mass is 406 g/mol. The largest absolute Gasteiger partial charge is 0.467 e. The number of amides is 1. The second kappa shape index (κ2) is 9.64. The maximum absolute atomic E-state index is 11.5. The Morgan fingerprint density at radius 2 is 2.10 bits per heavy atom. The second-order valence-corrected chi connectivity index (χ2v) is 4.77. The van der Waals surface area contributed by atoms with Gasteiger partial charge in [-0.25, -0.2) is 4.99 Å². The molecule has 118 valence electrons. The lowest BCUT2D eigenvalue weighted by molar-refractivity contribution is -0.122. The molecule has 2 rings (SSSR count). The quantitative estimate of drug-likeness (QED) is 0.278. The van der Waals surface area contributed by atoms with E-state index in [1.807, 2.05) is 19.1 Å². The second-order valence-electron chi connectivity index (χ2n) is 4.77. The topological polar surface area (TPSA) is 78.7 Å². The molecule has 1 amide bonds. The minimum Gasteiger partial charge on any atom is -0.467 e. The van der Waals surface area contributed by atoms with E-state index in [-0.39, 0.29) is 35.8 Å². The Balaban J connectivity index is 0.00000220. The van der Waals surface area contributed by atoms with Crippen LogP contribution in [0.15, 0.2) is 27.8 Å². The average Bonchev–Trinajstić information content (AvgIpc) is 3.17. The van der Waals surface area contributed by atoms with Crippen molar-refractivity contribution < 1.29 is 9.21 Å². The van der Waals surface area contributed by atoms with Crippen LogP contribution in [0, 0.1) is 5.92 Å². The molecule has 0 unspecified atom stereocenters. The van der Waals surface area contributed by atoms with E-state index >= 15 is 0 Å². The van der Waals surface area contributed by atoms with Crippen LogP contribution >= 0.6 is 24.0 Å². The van der Waals surface area contributed by atoms with E-state index in [0.29, 0.717) is 19.6 Å². The lowest BCUT2D eigenvalue weighted by Gasteiger charge is -2.11. The third kappa shape index (κ3) is 6.83. The zero-order valence-electron chi connectivity index (χ0n) is 12.2. The molecule has 0 bridgehead atoms. The summed E-state index contributed by atoms with van der Waals surface area (Å²) in [6.07, 6.45) is 3.71. The van der Waals surface area contributed by atoms with Crippen LogP contribution in [0.2, 0.25) is 0 Å². The Bertz CT molecular complexity index is 444. The molecule has 6 nitrogen and oxygen atoms in total. The minimum absolute atomic E-state index is 0. The molecule has 1 aromatic rings. The van der Waals surface area contributed by atoms with Gasteiger partial charge in [0.2, 0.25) is 5.91 Å². The van der Waals surface area contributed by atoms with E-state index in [2.05, 4.69) is 20.9 Å². The van der Waals surface area contributed by atoms with Crippen LogP contribution in [-0.2, 0) is 11.3 Å². The van der Waals surface area contributed by atoms with Crippen LogP contribution < -0.4 is 16.0 Å². The highest BCUT2D eigenvalue weighted by Crippen LogP contribution is 2.28. The Labute approximate surface area is 142 Å². The standard InChI is InChI=1S/C14H22N4O2.HI/c1-2-15-14(18-10-12-4-3-9-20-12)17-8-7-16-13(19)11-5-6-11;/h3-4,9,11H,2,5-8,10H2,1H3,(H,16,19)(H2,15,17,18);1H. The van der Waals surface area contributed by atoms with Crippen molar-refractivity contribution in [1.29, 1.82) is 0 Å². The average molecular weight is 406 g/mol. The highest BCUT2D eigenvalue weighted by Gasteiger charge is 2.28. The van der Waals surface area contributed by atoms with Crippen LogP contribution in [0.25, 0.3) is 0 Å². The van der Waals surface area contributed by atoms with Gasteiger partial charge in [0.25, 0.3) is 0 Å². The Morgan fingerprint density at radius 1 is 1.33 bits per heavy atom. The SMILES string of the molecule is CCNC(=NCc1ccco1)NCCNC(=O)C1CC1.I. The third-order valence-electron chi connectivity index (χ3n) is 2.98. The van der Waals surface area contributed by atoms with E-state index in [0.717, 1.165) is 31.1 Å². The van der Waals surface area contributed by atoms with Gasteiger partial charge in [-0.3, -0.25) is 4.79 Å². The van der Waals surface area contributed by atoms with Gasteiger partial charge in [-0.2, -0.15) is 0 Å². The predicted molar refractivity (Wildman–Crippen MR) is 92.7 cm³/mol. The zero-order chi connectivity index (χ0) is 14.2. The number of hydrogen-bond donors (Lipinski definition) is 3. The smallest absolute Gasteiger partial charge is 0.223 e. The Kier molecular flexibility index (Phi) is 8.17. The third-order valence-corrected chi connectivity index (χ3v) is 2.98. The molecule has 0 atom stereocenters. The van der Waals surface area contributed by atoms with Crippen molar-refractivity contribution in [2.45, 2.75) is 26.3 Å². The number of guanidine groups is 1. The van der Waals surface area contributed by atoms with Crippen LogP contribution in [0.1, 0.15) is 25.5 Å². The summed E-state index contributed by atoms with van der Waals surface area (Å²) in [5, 5.41) is 9.24. The highest BCUT2D eigenvalue weighted by molar-refractivity contribution is 14.0. The fraction of sp³-hybridized carbons (Fsp3) is 0.571. The molecule has 0 aromatic carbocycles. The van der Waals surface area contributed by atoms with Crippen molar-refractivity contribution >= 4 is 35.8 Å². The molecule has 7 heteroatoms. The lowest BCUT2D eigenvalue weighted by Crippen LogP contribution is -2.41. The number of nitrogens with one attached hydrogen (secondary N) is 3. The van der Waals surface area contributed by atoms with Crippen LogP contribution in [0.3, 0.4) is 0 Å². The van der Waals surface area contributed by atoms with Gasteiger partial charge in [0, 0.05) is 25.6 Å². The van der Waals surface area contributed by atoms with E-state index in [1.54, 1.807) is 6.26 Å². The van der Waals surface area contributed by atoms with Crippen LogP contribution in [0.4, 0.5) is 0 Å². The molecule has 0 aliphatic heterocycles. The van der Waals surface area contributed by atoms with Gasteiger partial charge in [0.1, 0.15) is 12.3 Å². The molecular formula is C14H23IN4O2. The Hall–Kier alpha value is -1.25. The molecule has 0 saturated heterocycles. The number of halogens is 1. The van der Waals surface area contributed by atoms with Gasteiger partial charge in [-0.15, -0.1) is 24.0 Å². The van der Waals surface area contributed by atoms with Crippen molar-refractivity contribution in [3.63, 3.8) is 0 Å². The molecule has 21 heavy (non-hydrogen) atoms. The molecule has 0 radical (unpaired) electrons. The fourth-order valence-corrected chi connectivity index (χ4v) is 1.76. The van der Waals surface area contributed by atoms with E-state index in [9.17, 15) is 4.79 Å². The summed E-state index contributed by atoms with van der Waals surface area (Å²) in [4.78, 5) is 15.9. The first kappa shape index (κ1) is 17.8. The minimum atomic E-state index is 0. The maximum atomic E-state index is 11.5. The van der Waals surface area contributed by atoms with Crippen molar-refractivity contribution in [1.82, 2.24) is 16.0 Å². The first-order valence-electron chi connectivity index (χ1n) is 7.12. The van der Waals surface area contributed by atoms with Crippen LogP contribution in [-0.4, -0.2) is 31.5 Å². The van der Waals surface area contributed by atoms with Gasteiger partial charge < -0.3 is 20.4 Å². The summed E-state index contributed by atoms with van der Waals surface area (Å²) in [7, 11) is 0. The van der Waals surface area contributed by atoms with Gasteiger partial charge in [-0.05, 0) is 31.9 Å². The van der Waals surface area contributed by atoms with E-state index in [4.69, 9.17) is 4.42 Å². The molecule has 3 N–H and O–H groups in total. The van der Waals surface area contributed by atoms with Crippen LogP contribution in [0.5, 0.6) is 0 Å². The predicted octanol–water partition coefficient (Wildman–Crippen LogP) is 1.48. The molecule has 1 heterocycles. The Morgan fingerprint density at radius 3 is 2.71 bits per heavy atom. The van der Waals surface area contributed by atoms with Crippen molar-refractivity contribution in [3.8, 4) is 0 Å². The van der Waals surface area contributed by atoms with Gasteiger partial charge >= 0.3 is 0 Å². The van der Waals surface area contributed by atoms with Crippen molar-refractivity contribution in [3.05, 3.63) is 24.2 Å². The highest BCUT2D eigenvalue weighted by atomic mass is 127. The van der Waals surface area contributed by atoms with E-state index in [1.165, 1.54) is 0 Å². The maximum Gasteiger partial charge on any atom is 0.223 e. The number of rotatable bonds is 7. The van der Waals surface area contributed by atoms with Crippen molar-refractivity contribution in [2.75, 3.05) is 19.6 Å². The molecule has 1 aliphatic rings. The van der Waals surface area contributed by atoms with Gasteiger partial charge in [0.05, 0.1) is 6.26 Å². The number of carbonyl (C=O) groups excluding carboxylic acids is 1. The normalized spacial score (nSPS) is 14.2. The fourth-order valence-electron chi connectivity index (χ4n) is 1.76. The van der Waals surface area contributed by atoms with E-state index < -0.39 is 0 Å². The first-order chi connectivity index (χ1) is 9.79. The first-order valence-corrected chi connectivity index (χ1v) is 7.12.